The van der Waals surface area contributed by atoms with E-state index in [0.29, 0.717) is 6.20 Å². The van der Waals surface area contributed by atoms with Crippen LogP contribution in [-0.2, 0) is 11.5 Å². The van der Waals surface area contributed by atoms with Gasteiger partial charge in [0.25, 0.3) is 0 Å². The van der Waals surface area contributed by atoms with Crippen LogP contribution in [0.25, 0.3) is 0 Å². The molecule has 0 bridgehead atoms. The maximum Gasteiger partial charge on any atom is 0.433 e. The predicted octanol–water partition coefficient (Wildman–Crippen LogP) is 3.13. The molecule has 1 aromatic heterocycles. The summed E-state index contributed by atoms with van der Waals surface area (Å²) in [6, 6.07) is 0.810. The van der Waals surface area contributed by atoms with Crippen LogP contribution in [0.2, 0.25) is 0 Å². The highest BCUT2D eigenvalue weighted by Gasteiger charge is 2.35. The van der Waals surface area contributed by atoms with Crippen LogP contribution in [0.4, 0.5) is 17.6 Å². The summed E-state index contributed by atoms with van der Waals surface area (Å²) in [7, 11) is 0. The number of nitrogens with zero attached hydrogens (tertiary/aromatic N) is 1. The minimum atomic E-state index is -4.53. The molecule has 13 heavy (non-hydrogen) atoms. The van der Waals surface area contributed by atoms with Crippen molar-refractivity contribution < 1.29 is 17.6 Å². The molecule has 0 amide bonds. The number of hydrogen-bond acceptors (Lipinski definition) is 1. The van der Waals surface area contributed by atoms with Crippen molar-refractivity contribution in [3.63, 3.8) is 0 Å². The summed E-state index contributed by atoms with van der Waals surface area (Å²) in [6.45, 7) is 0. The Morgan fingerprint density at radius 2 is 2.00 bits per heavy atom. The van der Waals surface area contributed by atoms with E-state index in [9.17, 15) is 17.6 Å². The van der Waals surface area contributed by atoms with Crippen LogP contribution in [0.15, 0.2) is 12.3 Å². The van der Waals surface area contributed by atoms with Gasteiger partial charge in [0.15, 0.2) is 0 Å². The van der Waals surface area contributed by atoms with Gasteiger partial charge in [-0.05, 0) is 11.6 Å². The Labute approximate surface area is 79.9 Å². The first-order chi connectivity index (χ1) is 5.95. The third-order valence-electron chi connectivity index (χ3n) is 1.35. The molecular formula is C7H4BrF4N. The Morgan fingerprint density at radius 1 is 1.38 bits per heavy atom. The normalized spacial score (nSPS) is 11.8. The van der Waals surface area contributed by atoms with Crippen LogP contribution < -0.4 is 0 Å². The average molecular weight is 258 g/mol. The largest absolute Gasteiger partial charge is 0.433 e. The lowest BCUT2D eigenvalue weighted by atomic mass is 10.2. The first-order valence-corrected chi connectivity index (χ1v) is 4.35. The van der Waals surface area contributed by atoms with Gasteiger partial charge in [0.05, 0.1) is 6.20 Å². The van der Waals surface area contributed by atoms with Gasteiger partial charge >= 0.3 is 6.18 Å². The Bertz CT molecular complexity index is 310. The van der Waals surface area contributed by atoms with Gasteiger partial charge in [-0.2, -0.15) is 13.2 Å². The molecule has 0 aliphatic rings. The van der Waals surface area contributed by atoms with E-state index in [2.05, 4.69) is 20.9 Å². The minimum Gasteiger partial charge on any atom is -0.248 e. The molecule has 72 valence electrons. The average Bonchev–Trinajstić information content (AvgIpc) is 2.01. The number of alkyl halides is 4. The second-order valence-electron chi connectivity index (χ2n) is 2.29. The van der Waals surface area contributed by atoms with E-state index in [1.165, 1.54) is 0 Å². The predicted molar refractivity (Wildman–Crippen MR) is 41.8 cm³/mol. The van der Waals surface area contributed by atoms with Gasteiger partial charge in [-0.25, -0.2) is 9.37 Å². The monoisotopic (exact) mass is 257 g/mol. The lowest BCUT2D eigenvalue weighted by Crippen LogP contribution is -2.11. The number of pyridine rings is 1. The lowest BCUT2D eigenvalue weighted by molar-refractivity contribution is -0.141. The maximum atomic E-state index is 12.5. The van der Waals surface area contributed by atoms with Gasteiger partial charge in [0.2, 0.25) is 0 Å². The van der Waals surface area contributed by atoms with Gasteiger partial charge in [0.1, 0.15) is 11.5 Å². The van der Waals surface area contributed by atoms with Gasteiger partial charge in [-0.1, -0.05) is 15.9 Å². The van der Waals surface area contributed by atoms with E-state index in [1.54, 1.807) is 0 Å². The minimum absolute atomic E-state index is 0.0768. The van der Waals surface area contributed by atoms with E-state index in [1.807, 2.05) is 0 Å². The van der Waals surface area contributed by atoms with Crippen LogP contribution in [0.3, 0.4) is 0 Å². The molecule has 0 spiro atoms. The Kier molecular flexibility index (Phi) is 2.90. The van der Waals surface area contributed by atoms with Gasteiger partial charge in [-0.3, -0.25) is 0 Å². The molecule has 0 atom stereocenters. The SMILES string of the molecule is Fc1cnc(C(F)(F)F)c(CBr)c1. The number of aromatic nitrogens is 1. The molecule has 6 heteroatoms. The fraction of sp³-hybridized carbons (Fsp3) is 0.286. The van der Waals surface area contributed by atoms with E-state index < -0.39 is 17.7 Å². The Balaban J connectivity index is 3.22. The zero-order chi connectivity index (χ0) is 10.1. The molecule has 1 aromatic rings. The quantitative estimate of drug-likeness (QED) is 0.557. The molecule has 0 aromatic carbocycles. The lowest BCUT2D eigenvalue weighted by Gasteiger charge is -2.09. The van der Waals surface area contributed by atoms with Crippen molar-refractivity contribution in [2.45, 2.75) is 11.5 Å². The van der Waals surface area contributed by atoms with Gasteiger partial charge in [-0.15, -0.1) is 0 Å². The third kappa shape index (κ3) is 2.40. The second kappa shape index (κ2) is 3.61. The van der Waals surface area contributed by atoms with Crippen LogP contribution in [-0.4, -0.2) is 4.98 Å². The molecular weight excluding hydrogens is 254 g/mol. The summed E-state index contributed by atoms with van der Waals surface area (Å²) in [5, 5.41) is -0.0768. The van der Waals surface area contributed by atoms with Crippen molar-refractivity contribution in [3.05, 3.63) is 29.3 Å². The maximum absolute atomic E-state index is 12.5. The zero-order valence-corrected chi connectivity index (χ0v) is 7.78. The molecule has 0 fully saturated rings. The van der Waals surface area contributed by atoms with E-state index in [4.69, 9.17) is 0 Å². The van der Waals surface area contributed by atoms with Crippen LogP contribution >= 0.6 is 15.9 Å². The molecule has 1 nitrogen and oxygen atoms in total. The number of rotatable bonds is 1. The highest BCUT2D eigenvalue weighted by molar-refractivity contribution is 9.08. The molecule has 0 saturated heterocycles. The molecule has 0 unspecified atom stereocenters. The summed E-state index contributed by atoms with van der Waals surface area (Å²) < 4.78 is 49.0. The molecule has 0 N–H and O–H groups in total. The van der Waals surface area contributed by atoms with Crippen LogP contribution in [0.5, 0.6) is 0 Å². The molecule has 1 rings (SSSR count). The molecule has 0 aliphatic carbocycles. The molecule has 1 heterocycles. The van der Waals surface area contributed by atoms with Gasteiger partial charge < -0.3 is 0 Å². The molecule has 0 radical (unpaired) electrons. The summed E-state index contributed by atoms with van der Waals surface area (Å²) in [4.78, 5) is 2.99. The highest BCUT2D eigenvalue weighted by atomic mass is 79.9. The number of halogens is 5. The molecule has 0 saturated carbocycles. The Morgan fingerprint density at radius 3 is 2.46 bits per heavy atom. The van der Waals surface area contributed by atoms with Crippen molar-refractivity contribution in [2.24, 2.45) is 0 Å². The van der Waals surface area contributed by atoms with Gasteiger partial charge in [0, 0.05) is 5.33 Å². The number of hydrogen-bond donors (Lipinski definition) is 0. The smallest absolute Gasteiger partial charge is 0.248 e. The van der Waals surface area contributed by atoms with E-state index in [-0.39, 0.29) is 10.9 Å². The van der Waals surface area contributed by atoms with Crippen molar-refractivity contribution >= 4 is 15.9 Å². The standard InChI is InChI=1S/C7H4BrF4N/c8-2-4-1-5(9)3-13-6(4)7(10,11)12/h1,3H,2H2. The van der Waals surface area contributed by atoms with Crippen molar-refractivity contribution in [1.29, 1.82) is 0 Å². The van der Waals surface area contributed by atoms with E-state index >= 15 is 0 Å². The first kappa shape index (κ1) is 10.4. The second-order valence-corrected chi connectivity index (χ2v) is 2.85. The summed E-state index contributed by atoms with van der Waals surface area (Å²) >= 11 is 2.83. The van der Waals surface area contributed by atoms with Crippen LogP contribution in [0, 0.1) is 5.82 Å². The topological polar surface area (TPSA) is 12.9 Å². The van der Waals surface area contributed by atoms with Crippen LogP contribution in [0.1, 0.15) is 11.3 Å². The third-order valence-corrected chi connectivity index (χ3v) is 1.95. The summed E-state index contributed by atoms with van der Waals surface area (Å²) in [5.74, 6) is -0.776. The summed E-state index contributed by atoms with van der Waals surface area (Å²) in [5.41, 5.74) is -1.25. The first-order valence-electron chi connectivity index (χ1n) is 3.22. The fourth-order valence-electron chi connectivity index (χ4n) is 0.838. The zero-order valence-electron chi connectivity index (χ0n) is 6.20. The van der Waals surface area contributed by atoms with Crippen molar-refractivity contribution in [2.75, 3.05) is 0 Å². The van der Waals surface area contributed by atoms with Crippen molar-refractivity contribution in [1.82, 2.24) is 4.98 Å². The Hall–Kier alpha value is -0.650. The van der Waals surface area contributed by atoms with Crippen molar-refractivity contribution in [3.8, 4) is 0 Å². The summed E-state index contributed by atoms with van der Waals surface area (Å²) in [6.07, 6.45) is -3.98. The van der Waals surface area contributed by atoms with E-state index in [0.717, 1.165) is 6.07 Å². The molecule has 0 aliphatic heterocycles. The fourth-order valence-corrected chi connectivity index (χ4v) is 1.27. The highest BCUT2D eigenvalue weighted by Crippen LogP contribution is 2.31.